The number of rotatable bonds is 4. The van der Waals surface area contributed by atoms with Crippen molar-refractivity contribution in [3.8, 4) is 0 Å². The third-order valence-electron chi connectivity index (χ3n) is 3.76. The SMILES string of the molecule is Cc1cc(C)nc(SCCN2CCCc3ccccc32)n1. The van der Waals surface area contributed by atoms with E-state index in [0.717, 1.165) is 35.4 Å². The number of aromatic nitrogens is 2. The van der Waals surface area contributed by atoms with Gasteiger partial charge in [-0.3, -0.25) is 0 Å². The molecular weight excluding hydrogens is 278 g/mol. The summed E-state index contributed by atoms with van der Waals surface area (Å²) in [5, 5.41) is 0.901. The van der Waals surface area contributed by atoms with E-state index >= 15 is 0 Å². The van der Waals surface area contributed by atoms with Gasteiger partial charge in [-0.15, -0.1) is 0 Å². The molecular formula is C17H21N3S. The molecule has 1 aromatic carbocycles. The van der Waals surface area contributed by atoms with Crippen LogP contribution < -0.4 is 4.90 Å². The van der Waals surface area contributed by atoms with Gasteiger partial charge in [0, 0.05) is 35.9 Å². The molecule has 0 aliphatic carbocycles. The Labute approximate surface area is 130 Å². The molecule has 110 valence electrons. The standard InChI is InChI=1S/C17H21N3S/c1-13-12-14(2)19-17(18-13)21-11-10-20-9-5-7-15-6-3-4-8-16(15)20/h3-4,6,8,12H,5,7,9-11H2,1-2H3. The van der Waals surface area contributed by atoms with Crippen molar-refractivity contribution in [2.24, 2.45) is 0 Å². The van der Waals surface area contributed by atoms with Gasteiger partial charge in [0.1, 0.15) is 0 Å². The summed E-state index contributed by atoms with van der Waals surface area (Å²) >= 11 is 1.75. The summed E-state index contributed by atoms with van der Waals surface area (Å²) in [6.07, 6.45) is 2.46. The van der Waals surface area contributed by atoms with E-state index in [9.17, 15) is 0 Å². The molecule has 2 aromatic rings. The van der Waals surface area contributed by atoms with E-state index in [1.807, 2.05) is 19.9 Å². The first-order valence-electron chi connectivity index (χ1n) is 7.50. The largest absolute Gasteiger partial charge is 0.370 e. The Kier molecular flexibility index (Phi) is 4.44. The van der Waals surface area contributed by atoms with Crippen LogP contribution in [0.4, 0.5) is 5.69 Å². The fraction of sp³-hybridized carbons (Fsp3) is 0.412. The first-order chi connectivity index (χ1) is 10.2. The summed E-state index contributed by atoms with van der Waals surface area (Å²) < 4.78 is 0. The first kappa shape index (κ1) is 14.4. The molecule has 0 saturated heterocycles. The lowest BCUT2D eigenvalue weighted by Crippen LogP contribution is -2.31. The fourth-order valence-corrected chi connectivity index (χ4v) is 3.76. The van der Waals surface area contributed by atoms with Gasteiger partial charge in [0.15, 0.2) is 5.16 Å². The summed E-state index contributed by atoms with van der Waals surface area (Å²) in [5.74, 6) is 1.03. The summed E-state index contributed by atoms with van der Waals surface area (Å²) in [7, 11) is 0. The minimum absolute atomic E-state index is 0.901. The van der Waals surface area contributed by atoms with E-state index in [-0.39, 0.29) is 0 Å². The fourth-order valence-electron chi connectivity index (χ4n) is 2.85. The number of benzene rings is 1. The zero-order valence-electron chi connectivity index (χ0n) is 12.7. The van der Waals surface area contributed by atoms with E-state index in [1.165, 1.54) is 24.1 Å². The van der Waals surface area contributed by atoms with Crippen LogP contribution in [0.1, 0.15) is 23.4 Å². The number of hydrogen-bond acceptors (Lipinski definition) is 4. The number of hydrogen-bond donors (Lipinski definition) is 0. The van der Waals surface area contributed by atoms with Crippen molar-refractivity contribution in [1.29, 1.82) is 0 Å². The zero-order valence-corrected chi connectivity index (χ0v) is 13.5. The highest BCUT2D eigenvalue weighted by Gasteiger charge is 2.15. The van der Waals surface area contributed by atoms with Crippen LogP contribution in [0.25, 0.3) is 0 Å². The number of aryl methyl sites for hydroxylation is 3. The minimum Gasteiger partial charge on any atom is -0.370 e. The Morgan fingerprint density at radius 2 is 1.90 bits per heavy atom. The molecule has 4 heteroatoms. The number of anilines is 1. The van der Waals surface area contributed by atoms with Gasteiger partial charge in [0.2, 0.25) is 0 Å². The quantitative estimate of drug-likeness (QED) is 0.637. The van der Waals surface area contributed by atoms with Crippen LogP contribution in [0.15, 0.2) is 35.5 Å². The molecule has 0 saturated carbocycles. The lowest BCUT2D eigenvalue weighted by Gasteiger charge is -2.31. The van der Waals surface area contributed by atoms with Crippen LogP contribution in [0.5, 0.6) is 0 Å². The highest BCUT2D eigenvalue weighted by atomic mass is 32.2. The molecule has 0 atom stereocenters. The van der Waals surface area contributed by atoms with Crippen molar-refractivity contribution >= 4 is 17.4 Å². The van der Waals surface area contributed by atoms with E-state index < -0.39 is 0 Å². The minimum atomic E-state index is 0.901. The van der Waals surface area contributed by atoms with E-state index in [1.54, 1.807) is 11.8 Å². The highest BCUT2D eigenvalue weighted by Crippen LogP contribution is 2.27. The van der Waals surface area contributed by atoms with Crippen molar-refractivity contribution in [3.63, 3.8) is 0 Å². The van der Waals surface area contributed by atoms with Gasteiger partial charge < -0.3 is 4.90 Å². The van der Waals surface area contributed by atoms with Gasteiger partial charge in [0.25, 0.3) is 0 Å². The number of fused-ring (bicyclic) bond motifs is 1. The molecule has 0 radical (unpaired) electrons. The molecule has 0 spiro atoms. The Morgan fingerprint density at radius 3 is 2.71 bits per heavy atom. The zero-order chi connectivity index (χ0) is 14.7. The van der Waals surface area contributed by atoms with E-state index in [4.69, 9.17) is 0 Å². The molecule has 3 nitrogen and oxygen atoms in total. The predicted octanol–water partition coefficient (Wildman–Crippen LogP) is 3.64. The molecule has 21 heavy (non-hydrogen) atoms. The predicted molar refractivity (Wildman–Crippen MR) is 89.2 cm³/mol. The molecule has 0 bridgehead atoms. The van der Waals surface area contributed by atoms with Crippen molar-refractivity contribution in [2.45, 2.75) is 31.8 Å². The van der Waals surface area contributed by atoms with Gasteiger partial charge in [-0.2, -0.15) is 0 Å². The van der Waals surface area contributed by atoms with Gasteiger partial charge in [-0.25, -0.2) is 9.97 Å². The maximum atomic E-state index is 4.49. The molecule has 0 N–H and O–H groups in total. The lowest BCUT2D eigenvalue weighted by atomic mass is 10.0. The van der Waals surface area contributed by atoms with E-state index in [2.05, 4.69) is 39.1 Å². The second-order valence-corrected chi connectivity index (χ2v) is 6.56. The second kappa shape index (κ2) is 6.48. The number of nitrogens with zero attached hydrogens (tertiary/aromatic N) is 3. The Hall–Kier alpha value is -1.55. The van der Waals surface area contributed by atoms with Crippen molar-refractivity contribution < 1.29 is 0 Å². The van der Waals surface area contributed by atoms with Crippen molar-refractivity contribution in [2.75, 3.05) is 23.7 Å². The van der Waals surface area contributed by atoms with Gasteiger partial charge in [-0.05, 0) is 44.4 Å². The van der Waals surface area contributed by atoms with Crippen LogP contribution in [0.3, 0.4) is 0 Å². The normalized spacial score (nSPS) is 14.1. The van der Waals surface area contributed by atoms with Crippen LogP contribution >= 0.6 is 11.8 Å². The first-order valence-corrected chi connectivity index (χ1v) is 8.49. The third kappa shape index (κ3) is 3.56. The molecule has 3 rings (SSSR count). The van der Waals surface area contributed by atoms with Crippen LogP contribution in [0.2, 0.25) is 0 Å². The monoisotopic (exact) mass is 299 g/mol. The van der Waals surface area contributed by atoms with Crippen molar-refractivity contribution in [1.82, 2.24) is 9.97 Å². The Morgan fingerprint density at radius 1 is 1.14 bits per heavy atom. The molecule has 2 heterocycles. The van der Waals surface area contributed by atoms with Crippen molar-refractivity contribution in [3.05, 3.63) is 47.3 Å². The molecule has 1 aliphatic heterocycles. The summed E-state index contributed by atoms with van der Waals surface area (Å²) in [5.41, 5.74) is 4.99. The smallest absolute Gasteiger partial charge is 0.188 e. The van der Waals surface area contributed by atoms with Gasteiger partial charge >= 0.3 is 0 Å². The molecule has 0 fully saturated rings. The maximum Gasteiger partial charge on any atom is 0.188 e. The number of thioether (sulfide) groups is 1. The molecule has 0 amide bonds. The molecule has 1 aliphatic rings. The van der Waals surface area contributed by atoms with Gasteiger partial charge in [0.05, 0.1) is 0 Å². The summed E-state index contributed by atoms with van der Waals surface area (Å²) in [6, 6.07) is 10.8. The molecule has 1 aromatic heterocycles. The lowest BCUT2D eigenvalue weighted by molar-refractivity contribution is 0.710. The van der Waals surface area contributed by atoms with Crippen LogP contribution in [-0.2, 0) is 6.42 Å². The third-order valence-corrected chi connectivity index (χ3v) is 4.59. The average Bonchev–Trinajstić information content (AvgIpc) is 2.46. The van der Waals surface area contributed by atoms with Crippen LogP contribution in [-0.4, -0.2) is 28.8 Å². The summed E-state index contributed by atoms with van der Waals surface area (Å²) in [6.45, 7) is 6.27. The average molecular weight is 299 g/mol. The van der Waals surface area contributed by atoms with Gasteiger partial charge in [-0.1, -0.05) is 30.0 Å². The molecule has 0 unspecified atom stereocenters. The Balaban J connectivity index is 1.61. The Bertz CT molecular complexity index is 607. The second-order valence-electron chi connectivity index (χ2n) is 5.50. The van der Waals surface area contributed by atoms with Crippen LogP contribution in [0, 0.1) is 13.8 Å². The number of para-hydroxylation sites is 1. The van der Waals surface area contributed by atoms with E-state index in [0.29, 0.717) is 0 Å². The topological polar surface area (TPSA) is 29.0 Å². The highest BCUT2D eigenvalue weighted by molar-refractivity contribution is 7.99. The maximum absolute atomic E-state index is 4.49. The summed E-state index contributed by atoms with van der Waals surface area (Å²) in [4.78, 5) is 11.5.